The second-order valence-electron chi connectivity index (χ2n) is 2.60. The van der Waals surface area contributed by atoms with Crippen molar-refractivity contribution in [2.75, 3.05) is 7.11 Å². The van der Waals surface area contributed by atoms with Crippen molar-refractivity contribution in [3.63, 3.8) is 0 Å². The first-order chi connectivity index (χ1) is 6.81. The first-order valence-corrected chi connectivity index (χ1v) is 4.71. The average Bonchev–Trinajstić information content (AvgIpc) is 2.71. The molecule has 2 rings (SSSR count). The van der Waals surface area contributed by atoms with Gasteiger partial charge in [0.15, 0.2) is 0 Å². The summed E-state index contributed by atoms with van der Waals surface area (Å²) in [5.41, 5.74) is 0.860. The number of benzene rings is 1. The summed E-state index contributed by atoms with van der Waals surface area (Å²) >= 11 is 3.36. The topological polar surface area (TPSA) is 48.2 Å². The Kier molecular flexibility index (Phi) is 2.49. The fourth-order valence-electron chi connectivity index (χ4n) is 1.10. The van der Waals surface area contributed by atoms with Crippen molar-refractivity contribution >= 4 is 15.9 Å². The first-order valence-electron chi connectivity index (χ1n) is 3.91. The van der Waals surface area contributed by atoms with Crippen LogP contribution in [0.5, 0.6) is 5.75 Å². The monoisotopic (exact) mass is 254 g/mol. The van der Waals surface area contributed by atoms with Crippen LogP contribution in [-0.4, -0.2) is 17.3 Å². The van der Waals surface area contributed by atoms with Crippen LogP contribution in [0.2, 0.25) is 0 Å². The summed E-state index contributed by atoms with van der Waals surface area (Å²) in [7, 11) is 1.61. The molecule has 0 aliphatic carbocycles. The summed E-state index contributed by atoms with van der Waals surface area (Å²) in [6.45, 7) is 0. The van der Waals surface area contributed by atoms with Crippen LogP contribution in [0.25, 0.3) is 11.4 Å². The minimum atomic E-state index is 0.552. The molecule has 1 aromatic carbocycles. The van der Waals surface area contributed by atoms with Gasteiger partial charge in [-0.3, -0.25) is 0 Å². The van der Waals surface area contributed by atoms with Gasteiger partial charge in [-0.1, -0.05) is 5.16 Å². The van der Waals surface area contributed by atoms with Gasteiger partial charge in [-0.05, 0) is 34.1 Å². The van der Waals surface area contributed by atoms with E-state index in [2.05, 4.69) is 30.6 Å². The van der Waals surface area contributed by atoms with Crippen molar-refractivity contribution < 1.29 is 9.26 Å². The van der Waals surface area contributed by atoms with E-state index < -0.39 is 0 Å². The van der Waals surface area contributed by atoms with Gasteiger partial charge in [-0.2, -0.15) is 4.98 Å². The molecular weight excluding hydrogens is 248 g/mol. The number of ether oxygens (including phenoxy) is 1. The molecular formula is C9H7BrN2O2. The zero-order valence-corrected chi connectivity index (χ0v) is 8.98. The number of hydrogen-bond acceptors (Lipinski definition) is 4. The van der Waals surface area contributed by atoms with E-state index in [1.807, 2.05) is 18.2 Å². The van der Waals surface area contributed by atoms with Crippen molar-refractivity contribution in [3.05, 3.63) is 29.1 Å². The van der Waals surface area contributed by atoms with Crippen molar-refractivity contribution in [1.29, 1.82) is 0 Å². The molecule has 0 N–H and O–H groups in total. The lowest BCUT2D eigenvalue weighted by molar-refractivity contribution is 0.411. The smallest absolute Gasteiger partial charge is 0.214 e. The van der Waals surface area contributed by atoms with Gasteiger partial charge in [-0.25, -0.2) is 0 Å². The third kappa shape index (κ3) is 1.63. The Hall–Kier alpha value is -1.36. The van der Waals surface area contributed by atoms with Crippen molar-refractivity contribution in [1.82, 2.24) is 10.1 Å². The Labute approximate surface area is 89.0 Å². The molecule has 0 spiro atoms. The molecule has 0 aliphatic rings. The summed E-state index contributed by atoms with van der Waals surface area (Å²) in [4.78, 5) is 3.94. The molecule has 0 atom stereocenters. The van der Waals surface area contributed by atoms with Crippen LogP contribution in [0.4, 0.5) is 0 Å². The third-order valence-electron chi connectivity index (χ3n) is 1.77. The highest BCUT2D eigenvalue weighted by Crippen LogP contribution is 2.28. The van der Waals surface area contributed by atoms with Gasteiger partial charge < -0.3 is 9.26 Å². The van der Waals surface area contributed by atoms with E-state index >= 15 is 0 Å². The largest absolute Gasteiger partial charge is 0.496 e. The molecule has 1 aromatic heterocycles. The van der Waals surface area contributed by atoms with Gasteiger partial charge >= 0.3 is 0 Å². The molecule has 0 saturated carbocycles. The standard InChI is InChI=1S/C9H7BrN2O2/c1-13-8-4-6(2-3-7(8)10)9-11-5-14-12-9/h2-5H,1H3. The minimum Gasteiger partial charge on any atom is -0.496 e. The van der Waals surface area contributed by atoms with E-state index in [4.69, 9.17) is 4.74 Å². The van der Waals surface area contributed by atoms with Crippen LogP contribution < -0.4 is 4.74 Å². The van der Waals surface area contributed by atoms with Crippen molar-refractivity contribution in [2.24, 2.45) is 0 Å². The quantitative estimate of drug-likeness (QED) is 0.827. The molecule has 14 heavy (non-hydrogen) atoms. The Bertz CT molecular complexity index is 428. The third-order valence-corrected chi connectivity index (χ3v) is 2.43. The first kappa shape index (κ1) is 9.21. The van der Waals surface area contributed by atoms with Gasteiger partial charge in [0, 0.05) is 5.56 Å². The Morgan fingerprint density at radius 1 is 1.43 bits per heavy atom. The number of rotatable bonds is 2. The Morgan fingerprint density at radius 2 is 2.29 bits per heavy atom. The lowest BCUT2D eigenvalue weighted by Gasteiger charge is -2.03. The van der Waals surface area contributed by atoms with E-state index in [0.29, 0.717) is 5.82 Å². The van der Waals surface area contributed by atoms with Gasteiger partial charge in [0.05, 0.1) is 11.6 Å². The molecule has 4 nitrogen and oxygen atoms in total. The normalized spacial score (nSPS) is 10.1. The predicted molar refractivity (Wildman–Crippen MR) is 54.0 cm³/mol. The Balaban J connectivity index is 2.46. The van der Waals surface area contributed by atoms with E-state index in [9.17, 15) is 0 Å². The van der Waals surface area contributed by atoms with Crippen LogP contribution >= 0.6 is 15.9 Å². The maximum Gasteiger partial charge on any atom is 0.214 e. The molecule has 5 heteroatoms. The van der Waals surface area contributed by atoms with Gasteiger partial charge in [0.2, 0.25) is 12.2 Å². The molecule has 0 amide bonds. The summed E-state index contributed by atoms with van der Waals surface area (Å²) in [5, 5.41) is 3.73. The zero-order valence-electron chi connectivity index (χ0n) is 7.40. The molecule has 0 radical (unpaired) electrons. The molecule has 0 saturated heterocycles. The molecule has 0 aliphatic heterocycles. The van der Waals surface area contributed by atoms with E-state index in [-0.39, 0.29) is 0 Å². The summed E-state index contributed by atoms with van der Waals surface area (Å²) < 4.78 is 10.7. The predicted octanol–water partition coefficient (Wildman–Crippen LogP) is 2.51. The van der Waals surface area contributed by atoms with Gasteiger partial charge in [-0.15, -0.1) is 0 Å². The highest BCUT2D eigenvalue weighted by atomic mass is 79.9. The highest BCUT2D eigenvalue weighted by Gasteiger charge is 2.06. The van der Waals surface area contributed by atoms with E-state index in [0.717, 1.165) is 15.8 Å². The van der Waals surface area contributed by atoms with Crippen molar-refractivity contribution in [2.45, 2.75) is 0 Å². The fourth-order valence-corrected chi connectivity index (χ4v) is 1.51. The molecule has 2 aromatic rings. The maximum atomic E-state index is 5.15. The summed E-state index contributed by atoms with van der Waals surface area (Å²) in [5.74, 6) is 1.29. The number of aromatic nitrogens is 2. The van der Waals surface area contributed by atoms with Crippen LogP contribution in [0.3, 0.4) is 0 Å². The average molecular weight is 255 g/mol. The van der Waals surface area contributed by atoms with Gasteiger partial charge in [0.1, 0.15) is 5.75 Å². The Morgan fingerprint density at radius 3 is 2.93 bits per heavy atom. The second-order valence-corrected chi connectivity index (χ2v) is 3.46. The zero-order chi connectivity index (χ0) is 9.97. The molecule has 1 heterocycles. The minimum absolute atomic E-state index is 0.552. The van der Waals surface area contributed by atoms with E-state index in [1.54, 1.807) is 7.11 Å². The lowest BCUT2D eigenvalue weighted by atomic mass is 10.2. The van der Waals surface area contributed by atoms with Crippen LogP contribution in [0.15, 0.2) is 33.6 Å². The molecule has 0 unspecified atom stereocenters. The van der Waals surface area contributed by atoms with Crippen LogP contribution in [0, 0.1) is 0 Å². The maximum absolute atomic E-state index is 5.15. The number of methoxy groups -OCH3 is 1. The summed E-state index contributed by atoms with van der Waals surface area (Å²) in [6.07, 6.45) is 1.30. The number of halogens is 1. The second kappa shape index (κ2) is 3.79. The SMILES string of the molecule is COc1cc(-c2ncon2)ccc1Br. The molecule has 72 valence electrons. The number of nitrogens with zero attached hydrogens (tertiary/aromatic N) is 2. The molecule has 0 fully saturated rings. The van der Waals surface area contributed by atoms with Gasteiger partial charge in [0.25, 0.3) is 0 Å². The van der Waals surface area contributed by atoms with Crippen LogP contribution in [0.1, 0.15) is 0 Å². The summed E-state index contributed by atoms with van der Waals surface area (Å²) in [6, 6.07) is 5.61. The number of hydrogen-bond donors (Lipinski definition) is 0. The van der Waals surface area contributed by atoms with E-state index in [1.165, 1.54) is 6.39 Å². The highest BCUT2D eigenvalue weighted by molar-refractivity contribution is 9.10. The lowest BCUT2D eigenvalue weighted by Crippen LogP contribution is -1.86. The molecule has 0 bridgehead atoms. The fraction of sp³-hybridized carbons (Fsp3) is 0.111. The van der Waals surface area contributed by atoms with Crippen LogP contribution in [-0.2, 0) is 0 Å². The van der Waals surface area contributed by atoms with Crippen molar-refractivity contribution in [3.8, 4) is 17.1 Å².